The molecule has 2 aromatic carbocycles. The molecule has 7 nitrogen and oxygen atoms in total. The number of methoxy groups -OCH3 is 3. The average Bonchev–Trinajstić information content (AvgIpc) is 2.93. The highest BCUT2D eigenvalue weighted by Crippen LogP contribution is 2.49. The number of carbonyl (C=O) groups is 2. The lowest BCUT2D eigenvalue weighted by atomic mass is 9.69. The van der Waals surface area contributed by atoms with Crippen molar-refractivity contribution in [3.05, 3.63) is 64.9 Å². The maximum Gasteiger partial charge on any atom is 0.315 e. The molecular weight excluding hydrogens is 502 g/mol. The number of carbonyl (C=O) groups excluding carboxylic acids is 2. The molecule has 1 unspecified atom stereocenters. The first-order chi connectivity index (χ1) is 18.4. The summed E-state index contributed by atoms with van der Waals surface area (Å²) in [5.41, 5.74) is 3.73. The molecule has 8 heteroatoms. The van der Waals surface area contributed by atoms with Gasteiger partial charge in [0.15, 0.2) is 17.3 Å². The van der Waals surface area contributed by atoms with Gasteiger partial charge in [-0.05, 0) is 48.8 Å². The number of hydrogen-bond donors (Lipinski definition) is 0. The Bertz CT molecular complexity index is 1250. The van der Waals surface area contributed by atoms with Crippen LogP contribution in [0.5, 0.6) is 17.2 Å². The molecule has 0 aromatic heterocycles. The fourth-order valence-electron chi connectivity index (χ4n) is 5.40. The number of hydrogen-bond acceptors (Lipinski definition) is 8. The summed E-state index contributed by atoms with van der Waals surface area (Å²) in [6, 6.07) is 13.3. The van der Waals surface area contributed by atoms with Crippen LogP contribution in [0.2, 0.25) is 0 Å². The second kappa shape index (κ2) is 12.5. The topological polar surface area (TPSA) is 83.4 Å². The monoisotopic (exact) mass is 537 g/mol. The first kappa shape index (κ1) is 27.8. The highest BCUT2D eigenvalue weighted by Gasteiger charge is 2.45. The van der Waals surface area contributed by atoms with Crippen LogP contribution < -0.4 is 14.2 Å². The lowest BCUT2D eigenvalue weighted by Gasteiger charge is -2.37. The van der Waals surface area contributed by atoms with E-state index in [0.29, 0.717) is 48.0 Å². The van der Waals surface area contributed by atoms with E-state index in [2.05, 4.69) is 6.92 Å². The predicted molar refractivity (Wildman–Crippen MR) is 150 cm³/mol. The van der Waals surface area contributed by atoms with Crippen LogP contribution in [-0.2, 0) is 14.3 Å². The molecule has 0 spiro atoms. The second-order valence-corrected chi connectivity index (χ2v) is 10.7. The molecule has 1 heterocycles. The first-order valence-corrected chi connectivity index (χ1v) is 14.0. The van der Waals surface area contributed by atoms with Crippen LogP contribution in [0.15, 0.2) is 58.7 Å². The van der Waals surface area contributed by atoms with Crippen molar-refractivity contribution in [2.75, 3.05) is 39.4 Å². The van der Waals surface area contributed by atoms with Gasteiger partial charge < -0.3 is 18.9 Å². The normalized spacial score (nSPS) is 20.9. The number of para-hydroxylation sites is 1. The number of Topliss-reactive ketones (excluding diaryl/α,β-unsaturated/α-hetero) is 1. The number of allylic oxidation sites excluding steroid dienone is 2. The summed E-state index contributed by atoms with van der Waals surface area (Å²) in [6.45, 7) is 4.24. The number of thioether (sulfide) groups is 1. The zero-order valence-corrected chi connectivity index (χ0v) is 23.4. The lowest BCUT2D eigenvalue weighted by Crippen LogP contribution is -2.38. The molecular formula is C30H35NO6S. The molecule has 0 N–H and O–H groups in total. The van der Waals surface area contributed by atoms with E-state index in [1.807, 2.05) is 49.4 Å². The number of ether oxygens (including phenoxy) is 4. The molecule has 0 radical (unpaired) electrons. The SMILES string of the molecule is CCSCCOC(=O)C1C(C)=NC2=C(C(=O)C[C@@H](c3ccc(OC)c(OC)c3)C2)[C@@H]1c1ccccc1OC. The van der Waals surface area contributed by atoms with Gasteiger partial charge in [-0.15, -0.1) is 0 Å². The van der Waals surface area contributed by atoms with Gasteiger partial charge in [-0.3, -0.25) is 14.6 Å². The lowest BCUT2D eigenvalue weighted by molar-refractivity contribution is -0.145. The van der Waals surface area contributed by atoms with Crippen LogP contribution in [0.1, 0.15) is 49.7 Å². The minimum Gasteiger partial charge on any atom is -0.496 e. The molecule has 3 atom stereocenters. The summed E-state index contributed by atoms with van der Waals surface area (Å²) in [7, 11) is 4.80. The fourth-order valence-corrected chi connectivity index (χ4v) is 5.89. The van der Waals surface area contributed by atoms with E-state index < -0.39 is 11.8 Å². The van der Waals surface area contributed by atoms with Crippen LogP contribution in [0.25, 0.3) is 0 Å². The number of esters is 1. The van der Waals surface area contributed by atoms with Crippen molar-refractivity contribution >= 4 is 29.2 Å². The molecule has 2 aliphatic rings. The van der Waals surface area contributed by atoms with Gasteiger partial charge in [-0.2, -0.15) is 11.8 Å². The Hall–Kier alpha value is -3.26. The van der Waals surface area contributed by atoms with Crippen LogP contribution >= 0.6 is 11.8 Å². The molecule has 0 bridgehead atoms. The third kappa shape index (κ3) is 5.60. The minimum atomic E-state index is -0.696. The molecule has 1 aliphatic heterocycles. The van der Waals surface area contributed by atoms with E-state index in [1.165, 1.54) is 0 Å². The Labute approximate surface area is 228 Å². The largest absolute Gasteiger partial charge is 0.496 e. The predicted octanol–water partition coefficient (Wildman–Crippen LogP) is 5.58. The third-order valence-corrected chi connectivity index (χ3v) is 8.04. The molecule has 2 aromatic rings. The van der Waals surface area contributed by atoms with Crippen molar-refractivity contribution in [3.63, 3.8) is 0 Å². The summed E-state index contributed by atoms with van der Waals surface area (Å²) >= 11 is 1.71. The fraction of sp³-hybridized carbons (Fsp3) is 0.433. The van der Waals surface area contributed by atoms with Crippen LogP contribution in [0.3, 0.4) is 0 Å². The standard InChI is InChI=1S/C30H35NO6S/c1-6-38-14-13-37-30(33)27-18(2)31-22-15-20(19-11-12-25(35-4)26(17-19)36-5)16-23(32)29(22)28(27)21-9-7-8-10-24(21)34-3/h7-12,17,20,27-28H,6,13-16H2,1-5H3/t20-,27?,28+/m0/s1. The summed E-state index contributed by atoms with van der Waals surface area (Å²) < 4.78 is 22.2. The van der Waals surface area contributed by atoms with Gasteiger partial charge in [0, 0.05) is 40.6 Å². The number of benzene rings is 2. The molecule has 0 saturated carbocycles. The maximum atomic E-state index is 13.9. The highest BCUT2D eigenvalue weighted by atomic mass is 32.2. The van der Waals surface area contributed by atoms with E-state index >= 15 is 0 Å². The van der Waals surface area contributed by atoms with E-state index in [0.717, 1.165) is 28.3 Å². The number of aliphatic imine (C=N–C) groups is 1. The summed E-state index contributed by atoms with van der Waals surface area (Å²) in [5, 5.41) is 0. The van der Waals surface area contributed by atoms with Crippen molar-refractivity contribution < 1.29 is 28.5 Å². The van der Waals surface area contributed by atoms with Gasteiger partial charge >= 0.3 is 5.97 Å². The Kier molecular flexibility index (Phi) is 9.15. The van der Waals surface area contributed by atoms with Gasteiger partial charge in [-0.25, -0.2) is 0 Å². The van der Waals surface area contributed by atoms with Gasteiger partial charge in [0.1, 0.15) is 18.3 Å². The second-order valence-electron chi connectivity index (χ2n) is 9.32. The summed E-state index contributed by atoms with van der Waals surface area (Å²) in [6.07, 6.45) is 0.887. The molecule has 0 fully saturated rings. The van der Waals surface area contributed by atoms with Crippen molar-refractivity contribution in [2.24, 2.45) is 10.9 Å². The van der Waals surface area contributed by atoms with E-state index in [9.17, 15) is 9.59 Å². The van der Waals surface area contributed by atoms with Crippen molar-refractivity contribution in [2.45, 2.75) is 38.5 Å². The van der Waals surface area contributed by atoms with E-state index in [1.54, 1.807) is 33.1 Å². The van der Waals surface area contributed by atoms with Crippen LogP contribution in [0.4, 0.5) is 0 Å². The zero-order valence-electron chi connectivity index (χ0n) is 22.6. The Morgan fingerprint density at radius 1 is 1.00 bits per heavy atom. The Morgan fingerprint density at radius 3 is 2.45 bits per heavy atom. The van der Waals surface area contributed by atoms with E-state index in [4.69, 9.17) is 23.9 Å². The first-order valence-electron chi connectivity index (χ1n) is 12.8. The summed E-state index contributed by atoms with van der Waals surface area (Å²) in [5.74, 6) is 1.91. The van der Waals surface area contributed by atoms with Gasteiger partial charge in [0.25, 0.3) is 0 Å². The third-order valence-electron chi connectivity index (χ3n) is 7.17. The molecule has 0 saturated heterocycles. The average molecular weight is 538 g/mol. The molecule has 38 heavy (non-hydrogen) atoms. The van der Waals surface area contributed by atoms with Crippen molar-refractivity contribution in [1.29, 1.82) is 0 Å². The smallest absolute Gasteiger partial charge is 0.315 e. The van der Waals surface area contributed by atoms with Crippen LogP contribution in [-0.4, -0.2) is 56.9 Å². The van der Waals surface area contributed by atoms with Gasteiger partial charge in [0.2, 0.25) is 0 Å². The Morgan fingerprint density at radius 2 is 1.74 bits per heavy atom. The maximum absolute atomic E-state index is 13.9. The molecule has 202 valence electrons. The minimum absolute atomic E-state index is 0.0162. The number of ketones is 1. The number of rotatable bonds is 10. The van der Waals surface area contributed by atoms with Crippen molar-refractivity contribution in [3.8, 4) is 17.2 Å². The Balaban J connectivity index is 1.74. The summed E-state index contributed by atoms with van der Waals surface area (Å²) in [4.78, 5) is 32.2. The number of nitrogens with zero attached hydrogens (tertiary/aromatic N) is 1. The highest BCUT2D eigenvalue weighted by molar-refractivity contribution is 7.99. The molecule has 4 rings (SSSR count). The van der Waals surface area contributed by atoms with Crippen LogP contribution in [0, 0.1) is 5.92 Å². The van der Waals surface area contributed by atoms with Gasteiger partial charge in [-0.1, -0.05) is 31.2 Å². The van der Waals surface area contributed by atoms with Gasteiger partial charge in [0.05, 0.1) is 21.3 Å². The van der Waals surface area contributed by atoms with Crippen molar-refractivity contribution in [1.82, 2.24) is 0 Å². The molecule has 0 amide bonds. The quantitative estimate of drug-likeness (QED) is 0.289. The molecule has 1 aliphatic carbocycles. The zero-order chi connectivity index (χ0) is 27.2. The van der Waals surface area contributed by atoms with E-state index in [-0.39, 0.29) is 17.7 Å².